The van der Waals surface area contributed by atoms with Gasteiger partial charge in [0.2, 0.25) is 11.8 Å². The largest absolute Gasteiger partial charge is 0.451 e. The van der Waals surface area contributed by atoms with E-state index in [1.165, 1.54) is 5.01 Å². The number of rotatable bonds is 6. The molecular weight excluding hydrogens is 426 g/mol. The van der Waals surface area contributed by atoms with E-state index in [-0.39, 0.29) is 36.4 Å². The molecule has 1 aromatic heterocycles. The number of benzene rings is 2. The molecule has 4 rings (SSSR count). The smallest absolute Gasteiger partial charge is 0.355 e. The Morgan fingerprint density at radius 3 is 2.67 bits per heavy atom. The van der Waals surface area contributed by atoms with Crippen molar-refractivity contribution in [3.63, 3.8) is 0 Å². The number of nitrogens with one attached hydrogen (secondary N) is 1. The van der Waals surface area contributed by atoms with Crippen LogP contribution in [0.2, 0.25) is 0 Å². The second-order valence-corrected chi connectivity index (χ2v) is 7.44. The van der Waals surface area contributed by atoms with Crippen molar-refractivity contribution in [2.45, 2.75) is 26.7 Å². The van der Waals surface area contributed by atoms with Gasteiger partial charge in [-0.3, -0.25) is 14.9 Å². The molecule has 0 radical (unpaired) electrons. The van der Waals surface area contributed by atoms with Crippen molar-refractivity contribution in [3.05, 3.63) is 59.7 Å². The van der Waals surface area contributed by atoms with E-state index < -0.39 is 18.5 Å². The molecule has 33 heavy (non-hydrogen) atoms. The van der Waals surface area contributed by atoms with Gasteiger partial charge >= 0.3 is 12.0 Å². The Morgan fingerprint density at radius 2 is 1.88 bits per heavy atom. The Kier molecular flexibility index (Phi) is 6.25. The van der Waals surface area contributed by atoms with E-state index in [4.69, 9.17) is 9.15 Å². The van der Waals surface area contributed by atoms with Crippen LogP contribution in [-0.4, -0.2) is 40.3 Å². The number of ether oxygens (including phenoxy) is 1. The maximum atomic E-state index is 12.5. The van der Waals surface area contributed by atoms with Crippen LogP contribution in [0.1, 0.15) is 24.0 Å². The first-order valence-corrected chi connectivity index (χ1v) is 10.2. The van der Waals surface area contributed by atoms with Crippen LogP contribution in [0.3, 0.4) is 0 Å². The van der Waals surface area contributed by atoms with E-state index in [1.807, 2.05) is 50.2 Å². The van der Waals surface area contributed by atoms with Crippen LogP contribution in [0, 0.1) is 13.8 Å². The van der Waals surface area contributed by atoms with Crippen molar-refractivity contribution in [2.24, 2.45) is 5.10 Å². The predicted molar refractivity (Wildman–Crippen MR) is 119 cm³/mol. The van der Waals surface area contributed by atoms with Crippen LogP contribution in [0.4, 0.5) is 11.7 Å². The third-order valence-electron chi connectivity index (χ3n) is 4.89. The molecule has 0 spiro atoms. The van der Waals surface area contributed by atoms with Crippen LogP contribution in [0.25, 0.3) is 11.5 Å². The standard InChI is InChI=1S/C23H21N5O5/c1-14-8-9-15(2)18(12-14)28-20(30)11-10-17(27-28)22(31)32-13-19(29)24-23-26-25-21(33-23)16-6-4-3-5-7-16/h3-9,12H,10-11,13H2,1-2H3,(H,24,26,29). The summed E-state index contributed by atoms with van der Waals surface area (Å²) >= 11 is 0. The summed E-state index contributed by atoms with van der Waals surface area (Å²) in [6.45, 7) is 3.19. The van der Waals surface area contributed by atoms with Crippen molar-refractivity contribution in [1.29, 1.82) is 0 Å². The third kappa shape index (κ3) is 5.12. The van der Waals surface area contributed by atoms with Crippen LogP contribution in [0.5, 0.6) is 0 Å². The molecule has 2 amide bonds. The summed E-state index contributed by atoms with van der Waals surface area (Å²) in [5.74, 6) is -1.40. The van der Waals surface area contributed by atoms with Gasteiger partial charge in [-0.25, -0.2) is 4.79 Å². The molecule has 0 saturated heterocycles. The van der Waals surface area contributed by atoms with Gasteiger partial charge in [0.25, 0.3) is 5.91 Å². The first-order chi connectivity index (χ1) is 15.9. The maximum absolute atomic E-state index is 12.5. The molecule has 3 aromatic rings. The Bertz CT molecular complexity index is 1240. The fourth-order valence-corrected chi connectivity index (χ4v) is 3.18. The lowest BCUT2D eigenvalue weighted by Gasteiger charge is -2.24. The molecule has 2 aromatic carbocycles. The minimum Gasteiger partial charge on any atom is -0.451 e. The van der Waals surface area contributed by atoms with Gasteiger partial charge in [0.1, 0.15) is 5.71 Å². The average molecular weight is 447 g/mol. The Labute approximate surface area is 189 Å². The number of amides is 2. The molecule has 10 nitrogen and oxygen atoms in total. The summed E-state index contributed by atoms with van der Waals surface area (Å²) in [7, 11) is 0. The summed E-state index contributed by atoms with van der Waals surface area (Å²) in [4.78, 5) is 37.0. The third-order valence-corrected chi connectivity index (χ3v) is 4.89. The van der Waals surface area contributed by atoms with E-state index in [0.717, 1.165) is 11.1 Å². The number of aryl methyl sites for hydroxylation is 2. The van der Waals surface area contributed by atoms with Crippen LogP contribution >= 0.6 is 0 Å². The molecular formula is C23H21N5O5. The first kappa shape index (κ1) is 21.9. The molecule has 0 bridgehead atoms. The van der Waals surface area contributed by atoms with E-state index in [9.17, 15) is 14.4 Å². The number of carbonyl (C=O) groups excluding carboxylic acids is 3. The number of carbonyl (C=O) groups is 3. The summed E-state index contributed by atoms with van der Waals surface area (Å²) < 4.78 is 10.5. The molecule has 0 unspecified atom stereocenters. The number of esters is 1. The summed E-state index contributed by atoms with van der Waals surface area (Å²) in [6.07, 6.45) is 0.239. The number of aromatic nitrogens is 2. The Morgan fingerprint density at radius 1 is 1.09 bits per heavy atom. The zero-order chi connectivity index (χ0) is 23.4. The first-order valence-electron chi connectivity index (χ1n) is 10.2. The summed E-state index contributed by atoms with van der Waals surface area (Å²) in [5.41, 5.74) is 3.18. The second kappa shape index (κ2) is 9.43. The van der Waals surface area contributed by atoms with Crippen LogP contribution in [-0.2, 0) is 19.1 Å². The highest BCUT2D eigenvalue weighted by Gasteiger charge is 2.28. The topological polar surface area (TPSA) is 127 Å². The van der Waals surface area contributed by atoms with E-state index in [0.29, 0.717) is 11.3 Å². The maximum Gasteiger partial charge on any atom is 0.355 e. The zero-order valence-corrected chi connectivity index (χ0v) is 18.1. The summed E-state index contributed by atoms with van der Waals surface area (Å²) in [6, 6.07) is 14.6. The van der Waals surface area contributed by atoms with Gasteiger partial charge in [-0.2, -0.15) is 10.1 Å². The van der Waals surface area contributed by atoms with Crippen LogP contribution < -0.4 is 10.3 Å². The van der Waals surface area contributed by atoms with Crippen molar-refractivity contribution in [3.8, 4) is 11.5 Å². The van der Waals surface area contributed by atoms with Gasteiger partial charge in [0.05, 0.1) is 5.69 Å². The minimum atomic E-state index is -0.775. The minimum absolute atomic E-state index is 0.0625. The van der Waals surface area contributed by atoms with Crippen LogP contribution in [0.15, 0.2) is 58.0 Å². The molecule has 0 atom stereocenters. The van der Waals surface area contributed by atoms with Gasteiger partial charge in [0, 0.05) is 18.4 Å². The van der Waals surface area contributed by atoms with E-state index in [2.05, 4.69) is 20.6 Å². The van der Waals surface area contributed by atoms with Gasteiger partial charge in [-0.15, -0.1) is 5.10 Å². The van der Waals surface area contributed by atoms with Gasteiger partial charge in [-0.1, -0.05) is 35.4 Å². The fraction of sp³-hybridized carbons (Fsp3) is 0.217. The molecule has 0 aliphatic carbocycles. The zero-order valence-electron chi connectivity index (χ0n) is 18.1. The summed E-state index contributed by atoms with van der Waals surface area (Å²) in [5, 5.41) is 15.4. The lowest BCUT2D eigenvalue weighted by atomic mass is 10.1. The molecule has 10 heteroatoms. The molecule has 2 heterocycles. The Balaban J connectivity index is 1.37. The van der Waals surface area contributed by atoms with Crippen molar-refractivity contribution < 1.29 is 23.5 Å². The highest BCUT2D eigenvalue weighted by atomic mass is 16.5. The number of anilines is 2. The molecule has 1 aliphatic rings. The average Bonchev–Trinajstić information content (AvgIpc) is 3.28. The highest BCUT2D eigenvalue weighted by Crippen LogP contribution is 2.25. The molecule has 1 N–H and O–H groups in total. The predicted octanol–water partition coefficient (Wildman–Crippen LogP) is 3.02. The molecule has 1 aliphatic heterocycles. The second-order valence-electron chi connectivity index (χ2n) is 7.44. The molecule has 168 valence electrons. The fourth-order valence-electron chi connectivity index (χ4n) is 3.18. The lowest BCUT2D eigenvalue weighted by molar-refractivity contribution is -0.140. The van der Waals surface area contributed by atoms with Gasteiger partial charge in [-0.05, 0) is 43.2 Å². The molecule has 0 saturated carbocycles. The highest BCUT2D eigenvalue weighted by molar-refractivity contribution is 6.38. The van der Waals surface area contributed by atoms with Gasteiger partial charge in [0.15, 0.2) is 6.61 Å². The van der Waals surface area contributed by atoms with Gasteiger partial charge < -0.3 is 9.15 Å². The number of hydrazone groups is 1. The van der Waals surface area contributed by atoms with E-state index >= 15 is 0 Å². The van der Waals surface area contributed by atoms with Crippen molar-refractivity contribution in [1.82, 2.24) is 10.2 Å². The number of hydrogen-bond donors (Lipinski definition) is 1. The quantitative estimate of drug-likeness (QED) is 0.576. The lowest BCUT2D eigenvalue weighted by Crippen LogP contribution is -2.36. The van der Waals surface area contributed by atoms with E-state index in [1.54, 1.807) is 12.1 Å². The number of hydrogen-bond acceptors (Lipinski definition) is 8. The SMILES string of the molecule is Cc1ccc(C)c(N2N=C(C(=O)OCC(=O)Nc3nnc(-c4ccccc4)o3)CCC2=O)c1. The van der Waals surface area contributed by atoms with Crippen molar-refractivity contribution >= 4 is 35.2 Å². The number of nitrogens with zero attached hydrogens (tertiary/aromatic N) is 4. The van der Waals surface area contributed by atoms with Crippen molar-refractivity contribution in [2.75, 3.05) is 16.9 Å². The Hall–Kier alpha value is -4.34. The molecule has 0 fully saturated rings. The normalized spacial score (nSPS) is 13.5. The monoisotopic (exact) mass is 447 g/mol.